The molecular weight excluding hydrogens is 1000 g/mol. The van der Waals surface area contributed by atoms with Crippen LogP contribution in [0.1, 0.15) is 5.56 Å². The van der Waals surface area contributed by atoms with Crippen LogP contribution in [-0.4, -0.2) is 0 Å². The van der Waals surface area contributed by atoms with Gasteiger partial charge in [0.05, 0.1) is 29.6 Å². The molecule has 0 fully saturated rings. The largest absolute Gasteiger partial charge is 0.311 e. The summed E-state index contributed by atoms with van der Waals surface area (Å²) in [6.07, 6.45) is 0. The summed E-state index contributed by atoms with van der Waals surface area (Å²) in [6, 6.07) is 53.7. The number of nitriles is 1. The number of hydrogen-bond donors (Lipinski definition) is 0. The van der Waals surface area contributed by atoms with Gasteiger partial charge in [-0.1, -0.05) is 54.6 Å². The van der Waals surface area contributed by atoms with E-state index in [4.69, 9.17) is 6.57 Å². The summed E-state index contributed by atoms with van der Waals surface area (Å²) < 4.78 is 120. The molecular formula is C66H34F8N4. The van der Waals surface area contributed by atoms with E-state index < -0.39 is 46.5 Å². The van der Waals surface area contributed by atoms with E-state index in [1.54, 1.807) is 84.9 Å². The Morgan fingerprint density at radius 1 is 0.333 bits per heavy atom. The Balaban J connectivity index is 1.13. The van der Waals surface area contributed by atoms with E-state index in [0.29, 0.717) is 78.4 Å². The van der Waals surface area contributed by atoms with Crippen molar-refractivity contribution in [3.63, 3.8) is 0 Å². The third kappa shape index (κ3) is 9.12. The Bertz CT molecular complexity index is 4000. The highest BCUT2D eigenvalue weighted by Gasteiger charge is 2.25. The zero-order valence-electron chi connectivity index (χ0n) is 40.4. The van der Waals surface area contributed by atoms with Crippen molar-refractivity contribution in [2.75, 3.05) is 9.80 Å². The lowest BCUT2D eigenvalue weighted by Crippen LogP contribution is -2.12. The van der Waals surface area contributed by atoms with Crippen molar-refractivity contribution >= 4 is 72.1 Å². The van der Waals surface area contributed by atoms with Gasteiger partial charge in [0, 0.05) is 57.8 Å². The zero-order chi connectivity index (χ0) is 53.9. The van der Waals surface area contributed by atoms with Gasteiger partial charge < -0.3 is 9.80 Å². The second kappa shape index (κ2) is 19.4. The smallest absolute Gasteiger partial charge is 0.189 e. The fourth-order valence-corrected chi connectivity index (χ4v) is 10.5. The van der Waals surface area contributed by atoms with Crippen molar-refractivity contribution in [1.29, 1.82) is 5.26 Å². The Labute approximate surface area is 440 Å². The minimum atomic E-state index is -0.840. The molecule has 0 spiro atoms. The van der Waals surface area contributed by atoms with Crippen molar-refractivity contribution in [3.8, 4) is 50.6 Å². The monoisotopic (exact) mass is 1030 g/mol. The minimum Gasteiger partial charge on any atom is -0.311 e. The molecule has 0 bridgehead atoms. The fraction of sp³-hybridized carbons (Fsp3) is 0. The van der Waals surface area contributed by atoms with Crippen LogP contribution >= 0.6 is 0 Å². The van der Waals surface area contributed by atoms with Crippen molar-refractivity contribution in [2.45, 2.75) is 0 Å². The summed E-state index contributed by atoms with van der Waals surface area (Å²) in [4.78, 5) is 7.45. The Morgan fingerprint density at radius 2 is 0.667 bits per heavy atom. The number of hydrogen-bond acceptors (Lipinski definition) is 3. The van der Waals surface area contributed by atoms with E-state index in [1.807, 2.05) is 58.3 Å². The number of halogens is 8. The molecule has 0 saturated carbocycles. The highest BCUT2D eigenvalue weighted by molar-refractivity contribution is 6.28. The lowest BCUT2D eigenvalue weighted by Gasteiger charge is -2.30. The topological polar surface area (TPSA) is 34.6 Å². The van der Waals surface area contributed by atoms with Crippen molar-refractivity contribution in [2.24, 2.45) is 0 Å². The molecule has 0 N–H and O–H groups in total. The first kappa shape index (κ1) is 48.6. The SMILES string of the molecule is [C-]#[N+]c1cccc(N(c2cc(-c3cc(F)cc(F)c3)cc(-c3cc(F)cc(F)c3)c2)c2ccc3ccc4c(N(c5cccc(C#N)c5)c5cc(-c6cc(F)cc(F)c6)cc(-c6cc(F)cc(F)c6)c5)ccc5ccc2c3c54)c1. The van der Waals surface area contributed by atoms with Gasteiger partial charge in [0.1, 0.15) is 46.5 Å². The lowest BCUT2D eigenvalue weighted by atomic mass is 9.91. The summed E-state index contributed by atoms with van der Waals surface area (Å²) in [7, 11) is 0. The maximum absolute atomic E-state index is 15.0. The number of anilines is 6. The number of nitrogens with zero attached hydrogens (tertiary/aromatic N) is 4. The van der Waals surface area contributed by atoms with Gasteiger partial charge in [0.2, 0.25) is 0 Å². The third-order valence-corrected chi connectivity index (χ3v) is 13.7. The minimum absolute atomic E-state index is 0.149. The maximum Gasteiger partial charge on any atom is 0.189 e. The van der Waals surface area contributed by atoms with Gasteiger partial charge in [-0.2, -0.15) is 5.26 Å². The summed E-state index contributed by atoms with van der Waals surface area (Å²) in [6.45, 7) is 7.97. The summed E-state index contributed by atoms with van der Waals surface area (Å²) in [5.74, 6) is -6.71. The molecule has 0 heterocycles. The van der Waals surface area contributed by atoms with Crippen LogP contribution in [0.2, 0.25) is 0 Å². The van der Waals surface area contributed by atoms with Crippen LogP contribution in [0.4, 0.5) is 74.9 Å². The molecule has 0 aliphatic rings. The zero-order valence-corrected chi connectivity index (χ0v) is 40.4. The first-order valence-corrected chi connectivity index (χ1v) is 24.2. The van der Waals surface area contributed by atoms with E-state index in [1.165, 1.54) is 0 Å². The normalized spacial score (nSPS) is 11.3. The van der Waals surface area contributed by atoms with Crippen LogP contribution in [0.15, 0.2) is 206 Å². The lowest BCUT2D eigenvalue weighted by molar-refractivity contribution is 0.583. The highest BCUT2D eigenvalue weighted by atomic mass is 19.2. The van der Waals surface area contributed by atoms with E-state index in [-0.39, 0.29) is 22.3 Å². The maximum atomic E-state index is 15.0. The fourth-order valence-electron chi connectivity index (χ4n) is 10.5. The molecule has 374 valence electrons. The molecule has 0 aliphatic heterocycles. The van der Waals surface area contributed by atoms with Gasteiger partial charge in [0.15, 0.2) is 5.69 Å². The molecule has 12 heteroatoms. The second-order valence-electron chi connectivity index (χ2n) is 18.7. The molecule has 12 aromatic carbocycles. The van der Waals surface area contributed by atoms with Crippen LogP contribution in [-0.2, 0) is 0 Å². The molecule has 0 saturated heterocycles. The first-order chi connectivity index (χ1) is 37.7. The molecule has 0 unspecified atom stereocenters. The summed E-state index contributed by atoms with van der Waals surface area (Å²) >= 11 is 0. The predicted octanol–water partition coefficient (Wildman–Crippen LogP) is 19.7. The predicted molar refractivity (Wildman–Crippen MR) is 292 cm³/mol. The average Bonchev–Trinajstić information content (AvgIpc) is 3.61. The van der Waals surface area contributed by atoms with Gasteiger partial charge >= 0.3 is 0 Å². The van der Waals surface area contributed by atoms with E-state index >= 15 is 0 Å². The van der Waals surface area contributed by atoms with Crippen LogP contribution < -0.4 is 9.80 Å². The Kier molecular flexibility index (Phi) is 12.1. The summed E-state index contributed by atoms with van der Waals surface area (Å²) in [5.41, 5.74) is 5.47. The molecule has 12 rings (SSSR count). The molecule has 4 nitrogen and oxygen atoms in total. The highest BCUT2D eigenvalue weighted by Crippen LogP contribution is 2.50. The molecule has 0 amide bonds. The molecule has 0 aromatic heterocycles. The molecule has 0 aliphatic carbocycles. The Hall–Kier alpha value is -10.3. The molecule has 0 radical (unpaired) electrons. The van der Waals surface area contributed by atoms with Crippen LogP contribution in [0.5, 0.6) is 0 Å². The number of rotatable bonds is 10. The quantitative estimate of drug-likeness (QED) is 0.0778. The summed E-state index contributed by atoms with van der Waals surface area (Å²) in [5, 5.41) is 14.8. The van der Waals surface area contributed by atoms with Gasteiger partial charge in [-0.3, -0.25) is 0 Å². The molecule has 12 aromatic rings. The van der Waals surface area contributed by atoms with Gasteiger partial charge in [-0.25, -0.2) is 40.0 Å². The van der Waals surface area contributed by atoms with Gasteiger partial charge in [0.25, 0.3) is 0 Å². The Morgan fingerprint density at radius 3 is 1.03 bits per heavy atom. The first-order valence-electron chi connectivity index (χ1n) is 24.2. The van der Waals surface area contributed by atoms with Crippen molar-refractivity contribution in [3.05, 3.63) is 270 Å². The second-order valence-corrected chi connectivity index (χ2v) is 18.7. The number of benzene rings is 12. The average molecular weight is 1040 g/mol. The van der Waals surface area contributed by atoms with Crippen molar-refractivity contribution in [1.82, 2.24) is 0 Å². The van der Waals surface area contributed by atoms with Crippen LogP contribution in [0.3, 0.4) is 0 Å². The van der Waals surface area contributed by atoms with Crippen molar-refractivity contribution < 1.29 is 35.1 Å². The van der Waals surface area contributed by atoms with Gasteiger partial charge in [-0.05, 0) is 193 Å². The molecule has 78 heavy (non-hydrogen) atoms. The van der Waals surface area contributed by atoms with Crippen LogP contribution in [0, 0.1) is 64.4 Å². The van der Waals surface area contributed by atoms with E-state index in [2.05, 4.69) is 10.9 Å². The van der Waals surface area contributed by atoms with Crippen LogP contribution in [0.25, 0.3) is 81.7 Å². The standard InChI is InChI=1S/C66H34F8N4/c1-76-56-5-3-7-58(35-56)78(60-29-42(46-23-52(71)33-53(72)24-46)18-43(30-60)47-25-54(73)34-55(74)26-47)64-15-11-39-8-12-61-63(14-10-38-9-13-62(64)66(39)65(38)61)77(57-6-2-4-37(16-57)36-75)59-27-40(44-19-48(67)31-49(68)20-44)17-41(28-59)45-21-50(69)32-51(70)22-45/h2-35H. The molecule has 0 atom stereocenters. The van der Waals surface area contributed by atoms with Gasteiger partial charge in [-0.15, -0.1) is 0 Å². The van der Waals surface area contributed by atoms with E-state index in [9.17, 15) is 40.4 Å². The van der Waals surface area contributed by atoms with E-state index in [0.717, 1.165) is 94.3 Å². The third-order valence-electron chi connectivity index (χ3n) is 13.7.